The maximum absolute atomic E-state index is 11.3. The highest BCUT2D eigenvalue weighted by Crippen LogP contribution is 2.39. The minimum absolute atomic E-state index is 0.0696. The molecule has 6 nitrogen and oxygen atoms in total. The molecule has 1 aliphatic carbocycles. The van der Waals surface area contributed by atoms with Crippen LogP contribution in [-0.2, 0) is 6.42 Å². The Hall–Kier alpha value is -2.50. The van der Waals surface area contributed by atoms with Gasteiger partial charge in [0.15, 0.2) is 0 Å². The van der Waals surface area contributed by atoms with Gasteiger partial charge >= 0.3 is 0 Å². The first-order valence-corrected chi connectivity index (χ1v) is 7.03. The van der Waals surface area contributed by atoms with E-state index in [1.54, 1.807) is 12.3 Å². The maximum atomic E-state index is 11.3. The van der Waals surface area contributed by atoms with Crippen molar-refractivity contribution in [2.24, 2.45) is 0 Å². The summed E-state index contributed by atoms with van der Waals surface area (Å²) in [5.41, 5.74) is 2.66. The van der Waals surface area contributed by atoms with Gasteiger partial charge in [-0.15, -0.1) is 0 Å². The molecular weight excluding hydrogens is 268 g/mol. The summed E-state index contributed by atoms with van der Waals surface area (Å²) in [5, 5.41) is 14.4. The molecule has 2 aromatic rings. The van der Waals surface area contributed by atoms with Crippen LogP contribution >= 0.6 is 0 Å². The van der Waals surface area contributed by atoms with Gasteiger partial charge in [0.1, 0.15) is 11.5 Å². The van der Waals surface area contributed by atoms with Gasteiger partial charge < -0.3 is 5.32 Å². The molecule has 0 fully saturated rings. The number of hydrogen-bond donors (Lipinski definition) is 1. The Kier molecular flexibility index (Phi) is 3.51. The topological polar surface area (TPSA) is 81.0 Å². The molecule has 0 aliphatic heterocycles. The maximum Gasteiger partial charge on any atom is 0.291 e. The molecule has 0 saturated carbocycles. The van der Waals surface area contributed by atoms with E-state index in [2.05, 4.69) is 15.3 Å². The van der Waals surface area contributed by atoms with Crippen molar-refractivity contribution in [1.82, 2.24) is 9.97 Å². The number of hydrogen-bond acceptors (Lipinski definition) is 5. The van der Waals surface area contributed by atoms with Crippen molar-refractivity contribution in [2.75, 3.05) is 11.9 Å². The first-order valence-electron chi connectivity index (χ1n) is 7.03. The van der Waals surface area contributed by atoms with Gasteiger partial charge in [-0.2, -0.15) is 0 Å². The molecule has 2 heterocycles. The average Bonchev–Trinajstić information content (AvgIpc) is 2.91. The van der Waals surface area contributed by atoms with Crippen LogP contribution in [0, 0.1) is 10.1 Å². The third-order valence-electron chi connectivity index (χ3n) is 3.75. The van der Waals surface area contributed by atoms with Crippen LogP contribution in [-0.4, -0.2) is 21.4 Å². The van der Waals surface area contributed by atoms with Crippen LogP contribution in [0.1, 0.15) is 36.2 Å². The predicted molar refractivity (Wildman–Crippen MR) is 79.5 cm³/mol. The first kappa shape index (κ1) is 13.5. The molecule has 2 aromatic heterocycles. The minimum Gasteiger partial charge on any atom is -0.370 e. The van der Waals surface area contributed by atoms with Crippen LogP contribution in [0.2, 0.25) is 0 Å². The van der Waals surface area contributed by atoms with Gasteiger partial charge in [-0.25, -0.2) is 4.98 Å². The Morgan fingerprint density at radius 1 is 1.38 bits per heavy atom. The molecule has 3 rings (SSSR count). The van der Waals surface area contributed by atoms with E-state index in [1.165, 1.54) is 6.07 Å². The second-order valence-corrected chi connectivity index (χ2v) is 5.03. The smallest absolute Gasteiger partial charge is 0.291 e. The summed E-state index contributed by atoms with van der Waals surface area (Å²) in [4.78, 5) is 19.8. The number of anilines is 1. The number of aryl methyl sites for hydroxylation is 1. The van der Waals surface area contributed by atoms with E-state index >= 15 is 0 Å². The summed E-state index contributed by atoms with van der Waals surface area (Å²) in [7, 11) is 0. The van der Waals surface area contributed by atoms with Crippen LogP contribution < -0.4 is 5.32 Å². The van der Waals surface area contributed by atoms with Crippen LogP contribution in [0.25, 0.3) is 0 Å². The molecule has 108 valence electrons. The number of nitro groups is 1. The minimum atomic E-state index is -0.362. The first-order chi connectivity index (χ1) is 10.2. The van der Waals surface area contributed by atoms with Crippen LogP contribution in [0.15, 0.2) is 30.5 Å². The normalized spacial score (nSPS) is 16.5. The third kappa shape index (κ3) is 2.44. The van der Waals surface area contributed by atoms with Crippen LogP contribution in [0.4, 0.5) is 11.5 Å². The fourth-order valence-electron chi connectivity index (χ4n) is 2.84. The van der Waals surface area contributed by atoms with Crippen molar-refractivity contribution in [3.05, 3.63) is 57.5 Å². The third-order valence-corrected chi connectivity index (χ3v) is 3.75. The van der Waals surface area contributed by atoms with E-state index in [9.17, 15) is 10.1 Å². The Morgan fingerprint density at radius 3 is 3.00 bits per heavy atom. The predicted octanol–water partition coefficient (Wildman–Crippen LogP) is 2.89. The fraction of sp³-hybridized carbons (Fsp3) is 0.333. The van der Waals surface area contributed by atoms with Gasteiger partial charge in [-0.05, 0) is 37.5 Å². The molecule has 0 bridgehead atoms. The van der Waals surface area contributed by atoms with Crippen molar-refractivity contribution in [3.8, 4) is 0 Å². The van der Waals surface area contributed by atoms with Gasteiger partial charge in [-0.3, -0.25) is 15.1 Å². The highest BCUT2D eigenvalue weighted by atomic mass is 16.6. The second kappa shape index (κ2) is 5.47. The number of pyridine rings is 2. The van der Waals surface area contributed by atoms with Gasteiger partial charge in [0.2, 0.25) is 0 Å². The highest BCUT2D eigenvalue weighted by Gasteiger charge is 2.32. The Labute approximate surface area is 122 Å². The van der Waals surface area contributed by atoms with E-state index in [1.807, 2.05) is 19.1 Å². The molecule has 0 amide bonds. The molecule has 1 atom stereocenters. The zero-order valence-corrected chi connectivity index (χ0v) is 11.7. The van der Waals surface area contributed by atoms with E-state index < -0.39 is 0 Å². The van der Waals surface area contributed by atoms with E-state index in [-0.39, 0.29) is 16.5 Å². The lowest BCUT2D eigenvalue weighted by atomic mass is 10.00. The SMILES string of the molecule is CCNc1ccc([N+](=O)[O-])c(C2CCc3cccnc32)n1. The molecule has 0 radical (unpaired) electrons. The monoisotopic (exact) mass is 284 g/mol. The number of aromatic nitrogens is 2. The van der Waals surface area contributed by atoms with E-state index in [0.717, 1.165) is 30.6 Å². The molecule has 1 unspecified atom stereocenters. The second-order valence-electron chi connectivity index (χ2n) is 5.03. The number of rotatable bonds is 4. The summed E-state index contributed by atoms with van der Waals surface area (Å²) >= 11 is 0. The number of nitrogens with one attached hydrogen (secondary N) is 1. The zero-order chi connectivity index (χ0) is 14.8. The van der Waals surface area contributed by atoms with Crippen molar-refractivity contribution < 1.29 is 4.92 Å². The summed E-state index contributed by atoms with van der Waals surface area (Å²) in [6.07, 6.45) is 3.44. The Morgan fingerprint density at radius 2 is 2.24 bits per heavy atom. The van der Waals surface area contributed by atoms with Crippen molar-refractivity contribution >= 4 is 11.5 Å². The number of nitrogens with zero attached hydrogens (tertiary/aromatic N) is 3. The van der Waals surface area contributed by atoms with Crippen molar-refractivity contribution in [2.45, 2.75) is 25.7 Å². The average molecular weight is 284 g/mol. The van der Waals surface area contributed by atoms with Crippen molar-refractivity contribution in [1.29, 1.82) is 0 Å². The Balaban J connectivity index is 2.08. The summed E-state index contributed by atoms with van der Waals surface area (Å²) in [6.45, 7) is 2.69. The quantitative estimate of drug-likeness (QED) is 0.689. The van der Waals surface area contributed by atoms with Gasteiger partial charge in [0.25, 0.3) is 5.69 Å². The molecular formula is C15H16N4O2. The summed E-state index contributed by atoms with van der Waals surface area (Å²) in [5.74, 6) is 0.572. The van der Waals surface area contributed by atoms with Crippen LogP contribution in [0.3, 0.4) is 0 Å². The lowest BCUT2D eigenvalue weighted by Crippen LogP contribution is -2.08. The molecule has 0 saturated heterocycles. The molecule has 6 heteroatoms. The molecule has 1 N–H and O–H groups in total. The highest BCUT2D eigenvalue weighted by molar-refractivity contribution is 5.50. The van der Waals surface area contributed by atoms with Gasteiger partial charge in [-0.1, -0.05) is 6.07 Å². The van der Waals surface area contributed by atoms with Gasteiger partial charge in [0.05, 0.1) is 16.5 Å². The van der Waals surface area contributed by atoms with Crippen LogP contribution in [0.5, 0.6) is 0 Å². The summed E-state index contributed by atoms with van der Waals surface area (Å²) < 4.78 is 0. The standard InChI is InChI=1S/C15H16N4O2/c1-2-16-13-8-7-12(19(20)21)15(18-13)11-6-5-10-4-3-9-17-14(10)11/h3-4,7-9,11H,2,5-6H2,1H3,(H,16,18). The Bertz CT molecular complexity index is 687. The summed E-state index contributed by atoms with van der Waals surface area (Å²) in [6, 6.07) is 7.11. The van der Waals surface area contributed by atoms with E-state index in [0.29, 0.717) is 11.5 Å². The zero-order valence-electron chi connectivity index (χ0n) is 11.7. The molecule has 0 aromatic carbocycles. The van der Waals surface area contributed by atoms with Gasteiger partial charge in [0, 0.05) is 18.8 Å². The lowest BCUT2D eigenvalue weighted by Gasteiger charge is -2.12. The number of fused-ring (bicyclic) bond motifs is 1. The van der Waals surface area contributed by atoms with Crippen molar-refractivity contribution in [3.63, 3.8) is 0 Å². The fourth-order valence-corrected chi connectivity index (χ4v) is 2.84. The lowest BCUT2D eigenvalue weighted by molar-refractivity contribution is -0.386. The largest absolute Gasteiger partial charge is 0.370 e. The molecule has 21 heavy (non-hydrogen) atoms. The molecule has 1 aliphatic rings. The molecule has 0 spiro atoms. The van der Waals surface area contributed by atoms with E-state index in [4.69, 9.17) is 0 Å².